The summed E-state index contributed by atoms with van der Waals surface area (Å²) in [6.07, 6.45) is 4.75. The second kappa shape index (κ2) is 8.46. The Bertz CT molecular complexity index is 823. The Hall–Kier alpha value is -2.83. The van der Waals surface area contributed by atoms with Crippen molar-refractivity contribution >= 4 is 11.9 Å². The molecule has 1 amide bonds. The molecule has 28 heavy (non-hydrogen) atoms. The summed E-state index contributed by atoms with van der Waals surface area (Å²) in [5, 5.41) is 16.7. The Labute approximate surface area is 164 Å². The molecule has 150 valence electrons. The molecule has 1 fully saturated rings. The van der Waals surface area contributed by atoms with E-state index in [2.05, 4.69) is 10.4 Å². The summed E-state index contributed by atoms with van der Waals surface area (Å²) in [4.78, 5) is 24.4. The van der Waals surface area contributed by atoms with Gasteiger partial charge in [0.05, 0.1) is 30.5 Å². The molecule has 1 saturated carbocycles. The number of carboxylic acid groups (broad SMARTS) is 1. The van der Waals surface area contributed by atoms with Crippen molar-refractivity contribution in [2.75, 3.05) is 6.61 Å². The van der Waals surface area contributed by atoms with Crippen molar-refractivity contribution in [1.29, 1.82) is 0 Å². The van der Waals surface area contributed by atoms with Gasteiger partial charge in [-0.25, -0.2) is 4.68 Å². The van der Waals surface area contributed by atoms with Crippen molar-refractivity contribution in [3.63, 3.8) is 0 Å². The van der Waals surface area contributed by atoms with Crippen LogP contribution >= 0.6 is 0 Å². The maximum absolute atomic E-state index is 13.0. The average Bonchev–Trinajstić information content (AvgIpc) is 3.27. The molecule has 0 spiro atoms. The number of nitrogens with one attached hydrogen (secondary N) is 1. The molecule has 0 saturated heterocycles. The first-order valence-corrected chi connectivity index (χ1v) is 9.71. The number of para-hydroxylation sites is 1. The van der Waals surface area contributed by atoms with E-state index in [0.717, 1.165) is 18.5 Å². The van der Waals surface area contributed by atoms with Crippen molar-refractivity contribution in [3.8, 4) is 11.4 Å². The number of aliphatic carboxylic acids is 1. The van der Waals surface area contributed by atoms with E-state index in [1.165, 1.54) is 0 Å². The molecule has 2 N–H and O–H groups in total. The number of carbonyl (C=O) groups is 2. The summed E-state index contributed by atoms with van der Waals surface area (Å²) in [5.74, 6) is -0.604. The molecule has 1 heterocycles. The lowest BCUT2D eigenvalue weighted by atomic mass is 9.93. The van der Waals surface area contributed by atoms with Gasteiger partial charge in [-0.2, -0.15) is 5.10 Å². The number of benzene rings is 1. The van der Waals surface area contributed by atoms with Gasteiger partial charge in [0, 0.05) is 0 Å². The fourth-order valence-corrected chi connectivity index (χ4v) is 3.58. The maximum Gasteiger partial charge on any atom is 0.305 e. The Balaban J connectivity index is 1.88. The Morgan fingerprint density at radius 3 is 2.54 bits per heavy atom. The number of aromatic nitrogens is 2. The van der Waals surface area contributed by atoms with E-state index in [9.17, 15) is 14.7 Å². The first-order chi connectivity index (χ1) is 13.4. The number of nitrogens with zero attached hydrogens (tertiary/aromatic N) is 2. The van der Waals surface area contributed by atoms with E-state index < -0.39 is 17.4 Å². The molecule has 1 aromatic carbocycles. The molecule has 1 aliphatic rings. The van der Waals surface area contributed by atoms with Gasteiger partial charge in [-0.3, -0.25) is 9.59 Å². The minimum Gasteiger partial charge on any atom is -0.489 e. The van der Waals surface area contributed by atoms with Gasteiger partial charge in [0.25, 0.3) is 5.91 Å². The summed E-state index contributed by atoms with van der Waals surface area (Å²) in [5.41, 5.74) is 0.285. The third-order valence-corrected chi connectivity index (χ3v) is 4.92. The molecule has 1 aliphatic carbocycles. The highest BCUT2D eigenvalue weighted by Crippen LogP contribution is 2.33. The molecule has 7 nitrogen and oxygen atoms in total. The van der Waals surface area contributed by atoms with Crippen LogP contribution in [0.25, 0.3) is 5.69 Å². The largest absolute Gasteiger partial charge is 0.489 e. The standard InChI is InChI=1S/C21H27N3O4/c1-15(2)14-28-17-13-24(16-8-4-3-5-9-16)23-19(17)20(27)22-21(12-18(25)26)10-6-7-11-21/h3-5,8-9,13,15H,6-7,10-12,14H2,1-2H3,(H,22,27)(H,25,26). The van der Waals surface area contributed by atoms with Gasteiger partial charge in [-0.15, -0.1) is 0 Å². The average molecular weight is 385 g/mol. The summed E-state index contributed by atoms with van der Waals surface area (Å²) < 4.78 is 7.45. The molecule has 0 aliphatic heterocycles. The van der Waals surface area contributed by atoms with E-state index in [0.29, 0.717) is 31.1 Å². The number of hydrogen-bond acceptors (Lipinski definition) is 4. The van der Waals surface area contributed by atoms with Crippen LogP contribution in [0.3, 0.4) is 0 Å². The summed E-state index contributed by atoms with van der Waals surface area (Å²) >= 11 is 0. The van der Waals surface area contributed by atoms with Crippen LogP contribution < -0.4 is 10.1 Å². The topological polar surface area (TPSA) is 93.5 Å². The number of rotatable bonds is 8. The van der Waals surface area contributed by atoms with Crippen LogP contribution in [-0.2, 0) is 4.79 Å². The molecule has 0 bridgehead atoms. The van der Waals surface area contributed by atoms with E-state index in [1.54, 1.807) is 10.9 Å². The Kier molecular flexibility index (Phi) is 6.02. The van der Waals surface area contributed by atoms with Crippen molar-refractivity contribution in [2.24, 2.45) is 5.92 Å². The Morgan fingerprint density at radius 2 is 1.93 bits per heavy atom. The van der Waals surface area contributed by atoms with Gasteiger partial charge in [0.1, 0.15) is 0 Å². The number of ether oxygens (including phenoxy) is 1. The lowest BCUT2D eigenvalue weighted by molar-refractivity contribution is -0.138. The molecule has 7 heteroatoms. The molecule has 2 aromatic rings. The highest BCUT2D eigenvalue weighted by molar-refractivity contribution is 5.95. The van der Waals surface area contributed by atoms with Gasteiger partial charge < -0.3 is 15.2 Å². The smallest absolute Gasteiger partial charge is 0.305 e. The number of hydrogen-bond donors (Lipinski definition) is 2. The first-order valence-electron chi connectivity index (χ1n) is 9.71. The van der Waals surface area contributed by atoms with Crippen LogP contribution in [0.15, 0.2) is 36.5 Å². The summed E-state index contributed by atoms with van der Waals surface area (Å²) in [6, 6.07) is 9.48. The van der Waals surface area contributed by atoms with Crippen LogP contribution in [0.4, 0.5) is 0 Å². The predicted octanol–water partition coefficient (Wildman–Crippen LogP) is 3.42. The van der Waals surface area contributed by atoms with Gasteiger partial charge in [-0.1, -0.05) is 44.9 Å². The minimum atomic E-state index is -0.909. The predicted molar refractivity (Wildman–Crippen MR) is 105 cm³/mol. The van der Waals surface area contributed by atoms with Crippen molar-refractivity contribution in [3.05, 3.63) is 42.2 Å². The van der Waals surface area contributed by atoms with E-state index in [-0.39, 0.29) is 12.1 Å². The maximum atomic E-state index is 13.0. The molecule has 3 rings (SSSR count). The monoisotopic (exact) mass is 385 g/mol. The molecular weight excluding hydrogens is 358 g/mol. The van der Waals surface area contributed by atoms with Crippen LogP contribution in [0, 0.1) is 5.92 Å². The normalized spacial score (nSPS) is 15.5. The lowest BCUT2D eigenvalue weighted by Gasteiger charge is -2.28. The summed E-state index contributed by atoms with van der Waals surface area (Å²) in [6.45, 7) is 4.52. The fraction of sp³-hybridized carbons (Fsp3) is 0.476. The Morgan fingerprint density at radius 1 is 1.25 bits per heavy atom. The van der Waals surface area contributed by atoms with Gasteiger partial charge in [-0.05, 0) is 30.9 Å². The second-order valence-electron chi connectivity index (χ2n) is 7.84. The minimum absolute atomic E-state index is 0.0830. The third kappa shape index (κ3) is 4.71. The van der Waals surface area contributed by atoms with Gasteiger partial charge >= 0.3 is 5.97 Å². The van der Waals surface area contributed by atoms with Crippen molar-refractivity contribution in [1.82, 2.24) is 15.1 Å². The van der Waals surface area contributed by atoms with E-state index >= 15 is 0 Å². The molecule has 0 radical (unpaired) electrons. The highest BCUT2D eigenvalue weighted by atomic mass is 16.5. The molecule has 0 atom stereocenters. The second-order valence-corrected chi connectivity index (χ2v) is 7.84. The van der Waals surface area contributed by atoms with Crippen LogP contribution in [0.5, 0.6) is 5.75 Å². The molecule has 0 unspecified atom stereocenters. The zero-order valence-electron chi connectivity index (χ0n) is 16.4. The van der Waals surface area contributed by atoms with Crippen LogP contribution in [0.2, 0.25) is 0 Å². The van der Waals surface area contributed by atoms with E-state index in [1.807, 2.05) is 44.2 Å². The number of carbonyl (C=O) groups excluding carboxylic acids is 1. The van der Waals surface area contributed by atoms with Crippen LogP contribution in [-0.4, -0.2) is 38.9 Å². The first kappa shape index (κ1) is 19.9. The van der Waals surface area contributed by atoms with Gasteiger partial charge in [0.15, 0.2) is 11.4 Å². The SMILES string of the molecule is CC(C)COc1cn(-c2ccccc2)nc1C(=O)NC1(CC(=O)O)CCCC1. The van der Waals surface area contributed by atoms with Gasteiger partial charge in [0.2, 0.25) is 0 Å². The number of carboxylic acids is 1. The summed E-state index contributed by atoms with van der Waals surface area (Å²) in [7, 11) is 0. The zero-order valence-corrected chi connectivity index (χ0v) is 16.4. The molecule has 1 aromatic heterocycles. The fourth-order valence-electron chi connectivity index (χ4n) is 3.58. The third-order valence-electron chi connectivity index (χ3n) is 4.92. The zero-order chi connectivity index (χ0) is 20.1. The quantitative estimate of drug-likeness (QED) is 0.726. The van der Waals surface area contributed by atoms with Crippen LogP contribution in [0.1, 0.15) is 56.4 Å². The number of amides is 1. The highest BCUT2D eigenvalue weighted by Gasteiger charge is 2.38. The van der Waals surface area contributed by atoms with Crippen molar-refractivity contribution in [2.45, 2.75) is 51.5 Å². The molecular formula is C21H27N3O4. The van der Waals surface area contributed by atoms with E-state index in [4.69, 9.17) is 4.74 Å². The lowest BCUT2D eigenvalue weighted by Crippen LogP contribution is -2.48. The van der Waals surface area contributed by atoms with Crippen molar-refractivity contribution < 1.29 is 19.4 Å².